The third-order valence-electron chi connectivity index (χ3n) is 3.44. The van der Waals surface area contributed by atoms with Crippen LogP contribution in [-0.2, 0) is 4.79 Å². The number of carboxylic acid groups (broad SMARTS) is 1. The summed E-state index contributed by atoms with van der Waals surface area (Å²) in [6, 6.07) is 0. The normalized spacial score (nSPS) is 18.3. The molecule has 1 saturated heterocycles. The van der Waals surface area contributed by atoms with Crippen molar-refractivity contribution in [2.24, 2.45) is 0 Å². The first-order valence-corrected chi connectivity index (χ1v) is 6.16. The van der Waals surface area contributed by atoms with Crippen molar-refractivity contribution in [3.8, 4) is 0 Å². The second kappa shape index (κ2) is 5.50. The molecule has 1 N–H and O–H groups in total. The van der Waals surface area contributed by atoms with Crippen molar-refractivity contribution in [2.75, 3.05) is 13.1 Å². The maximum atomic E-state index is 11.5. The second-order valence-electron chi connectivity index (χ2n) is 4.53. The minimum Gasteiger partial charge on any atom is -0.480 e. The lowest BCUT2D eigenvalue weighted by molar-refractivity contribution is -0.152. The minimum atomic E-state index is -0.617. The summed E-state index contributed by atoms with van der Waals surface area (Å²) in [5.74, 6) is -0.617. The Hall–Kier alpha value is -0.570. The molecule has 15 heavy (non-hydrogen) atoms. The number of nitrogens with zero attached hydrogens (tertiary/aromatic N) is 1. The van der Waals surface area contributed by atoms with Crippen LogP contribution in [0.1, 0.15) is 52.4 Å². The van der Waals surface area contributed by atoms with E-state index >= 15 is 0 Å². The van der Waals surface area contributed by atoms with Crippen molar-refractivity contribution in [1.29, 1.82) is 0 Å². The van der Waals surface area contributed by atoms with Gasteiger partial charge in [0.1, 0.15) is 5.54 Å². The Balaban J connectivity index is 2.83. The highest BCUT2D eigenvalue weighted by Crippen LogP contribution is 2.31. The Morgan fingerprint density at radius 2 is 1.67 bits per heavy atom. The molecule has 0 aliphatic carbocycles. The molecule has 1 rings (SSSR count). The van der Waals surface area contributed by atoms with Gasteiger partial charge in [-0.25, -0.2) is 0 Å². The van der Waals surface area contributed by atoms with Crippen LogP contribution in [0.4, 0.5) is 0 Å². The molecular formula is C12H23NO2. The maximum Gasteiger partial charge on any atom is 0.324 e. The molecule has 0 saturated carbocycles. The number of aliphatic carboxylic acids is 1. The van der Waals surface area contributed by atoms with Gasteiger partial charge < -0.3 is 5.11 Å². The summed E-state index contributed by atoms with van der Waals surface area (Å²) in [5, 5.41) is 9.50. The topological polar surface area (TPSA) is 40.5 Å². The molecule has 1 aliphatic rings. The highest BCUT2D eigenvalue weighted by molar-refractivity contribution is 5.78. The molecule has 0 unspecified atom stereocenters. The van der Waals surface area contributed by atoms with Gasteiger partial charge in [-0.05, 0) is 38.8 Å². The standard InChI is InChI=1S/C12H23NO2/c1-3-7-12(8-4-2,11(14)15)13-9-5-6-10-13/h3-10H2,1-2H3,(H,14,15). The molecule has 0 spiro atoms. The average molecular weight is 213 g/mol. The molecule has 0 radical (unpaired) electrons. The van der Waals surface area contributed by atoms with Gasteiger partial charge in [0.15, 0.2) is 0 Å². The van der Waals surface area contributed by atoms with E-state index < -0.39 is 11.5 Å². The van der Waals surface area contributed by atoms with Gasteiger partial charge in [-0.1, -0.05) is 26.7 Å². The van der Waals surface area contributed by atoms with Crippen LogP contribution in [0.5, 0.6) is 0 Å². The van der Waals surface area contributed by atoms with E-state index in [-0.39, 0.29) is 0 Å². The molecule has 0 amide bonds. The van der Waals surface area contributed by atoms with Crippen LogP contribution in [0.2, 0.25) is 0 Å². The second-order valence-corrected chi connectivity index (χ2v) is 4.53. The summed E-state index contributed by atoms with van der Waals surface area (Å²) < 4.78 is 0. The Kier molecular flexibility index (Phi) is 4.58. The van der Waals surface area contributed by atoms with Gasteiger partial charge in [0.25, 0.3) is 0 Å². The molecule has 0 aromatic heterocycles. The first-order valence-electron chi connectivity index (χ1n) is 6.16. The summed E-state index contributed by atoms with van der Waals surface area (Å²) in [6.45, 7) is 6.07. The molecule has 1 aliphatic heterocycles. The van der Waals surface area contributed by atoms with Crippen LogP contribution in [0, 0.1) is 0 Å². The van der Waals surface area contributed by atoms with E-state index in [1.54, 1.807) is 0 Å². The van der Waals surface area contributed by atoms with Gasteiger partial charge in [-0.2, -0.15) is 0 Å². The van der Waals surface area contributed by atoms with E-state index in [0.717, 1.165) is 51.6 Å². The zero-order chi connectivity index (χ0) is 11.3. The number of carbonyl (C=O) groups is 1. The lowest BCUT2D eigenvalue weighted by atomic mass is 9.87. The number of hydrogen-bond donors (Lipinski definition) is 1. The van der Waals surface area contributed by atoms with Crippen molar-refractivity contribution in [3.05, 3.63) is 0 Å². The Morgan fingerprint density at radius 1 is 1.20 bits per heavy atom. The largest absolute Gasteiger partial charge is 0.480 e. The predicted molar refractivity (Wildman–Crippen MR) is 61.0 cm³/mol. The van der Waals surface area contributed by atoms with Crippen molar-refractivity contribution in [3.63, 3.8) is 0 Å². The summed E-state index contributed by atoms with van der Waals surface area (Å²) in [4.78, 5) is 13.7. The molecule has 1 heterocycles. The summed E-state index contributed by atoms with van der Waals surface area (Å²) in [6.07, 6.45) is 5.78. The zero-order valence-electron chi connectivity index (χ0n) is 9.96. The summed E-state index contributed by atoms with van der Waals surface area (Å²) >= 11 is 0. The average Bonchev–Trinajstić information content (AvgIpc) is 2.70. The predicted octanol–water partition coefficient (Wildman–Crippen LogP) is 2.51. The molecular weight excluding hydrogens is 190 g/mol. The SMILES string of the molecule is CCCC(CCC)(C(=O)O)N1CCCC1. The molecule has 3 heteroatoms. The third kappa shape index (κ3) is 2.51. The third-order valence-corrected chi connectivity index (χ3v) is 3.44. The van der Waals surface area contributed by atoms with Crippen molar-refractivity contribution in [2.45, 2.75) is 57.9 Å². The summed E-state index contributed by atoms with van der Waals surface area (Å²) in [7, 11) is 0. The van der Waals surface area contributed by atoms with E-state index in [1.807, 2.05) is 0 Å². The minimum absolute atomic E-state index is 0.569. The Morgan fingerprint density at radius 3 is 2.00 bits per heavy atom. The lowest BCUT2D eigenvalue weighted by Crippen LogP contribution is -2.53. The van der Waals surface area contributed by atoms with Gasteiger partial charge in [0.05, 0.1) is 0 Å². The Bertz CT molecular complexity index is 204. The van der Waals surface area contributed by atoms with Gasteiger partial charge >= 0.3 is 5.97 Å². The fourth-order valence-electron chi connectivity index (χ4n) is 2.76. The monoisotopic (exact) mass is 213 g/mol. The molecule has 0 bridgehead atoms. The van der Waals surface area contributed by atoms with E-state index in [2.05, 4.69) is 18.7 Å². The van der Waals surface area contributed by atoms with Crippen LogP contribution in [-0.4, -0.2) is 34.6 Å². The highest BCUT2D eigenvalue weighted by Gasteiger charge is 2.43. The fourth-order valence-corrected chi connectivity index (χ4v) is 2.76. The molecule has 0 atom stereocenters. The van der Waals surface area contributed by atoms with Crippen LogP contribution >= 0.6 is 0 Å². The molecule has 1 fully saturated rings. The number of carboxylic acids is 1. The van der Waals surface area contributed by atoms with Crippen molar-refractivity contribution < 1.29 is 9.90 Å². The van der Waals surface area contributed by atoms with E-state index in [0.29, 0.717) is 0 Å². The smallest absolute Gasteiger partial charge is 0.324 e. The fraction of sp³-hybridized carbons (Fsp3) is 0.917. The van der Waals surface area contributed by atoms with Crippen molar-refractivity contribution in [1.82, 2.24) is 4.90 Å². The van der Waals surface area contributed by atoms with Gasteiger partial charge in [0.2, 0.25) is 0 Å². The first-order chi connectivity index (χ1) is 7.17. The Labute approximate surface area is 92.5 Å². The molecule has 88 valence electrons. The van der Waals surface area contributed by atoms with Crippen LogP contribution in [0.25, 0.3) is 0 Å². The van der Waals surface area contributed by atoms with Crippen molar-refractivity contribution >= 4 is 5.97 Å². The molecule has 0 aromatic rings. The number of hydrogen-bond acceptors (Lipinski definition) is 2. The molecule has 3 nitrogen and oxygen atoms in total. The van der Waals surface area contributed by atoms with E-state index in [4.69, 9.17) is 0 Å². The zero-order valence-corrected chi connectivity index (χ0v) is 9.96. The first kappa shape index (κ1) is 12.5. The number of rotatable bonds is 6. The van der Waals surface area contributed by atoms with Crippen LogP contribution < -0.4 is 0 Å². The van der Waals surface area contributed by atoms with E-state index in [9.17, 15) is 9.90 Å². The van der Waals surface area contributed by atoms with Gasteiger partial charge in [-0.3, -0.25) is 9.69 Å². The maximum absolute atomic E-state index is 11.5. The highest BCUT2D eigenvalue weighted by atomic mass is 16.4. The van der Waals surface area contributed by atoms with Crippen LogP contribution in [0.15, 0.2) is 0 Å². The quantitative estimate of drug-likeness (QED) is 0.737. The summed E-state index contributed by atoms with van der Waals surface area (Å²) in [5.41, 5.74) is -0.569. The van der Waals surface area contributed by atoms with Gasteiger partial charge in [-0.15, -0.1) is 0 Å². The lowest BCUT2D eigenvalue weighted by Gasteiger charge is -2.38. The van der Waals surface area contributed by atoms with E-state index in [1.165, 1.54) is 0 Å². The number of likely N-dealkylation sites (tertiary alicyclic amines) is 1. The van der Waals surface area contributed by atoms with Crippen LogP contribution in [0.3, 0.4) is 0 Å². The molecule has 0 aromatic carbocycles. The van der Waals surface area contributed by atoms with Gasteiger partial charge in [0, 0.05) is 0 Å².